The predicted molar refractivity (Wildman–Crippen MR) is 246 cm³/mol. The molecule has 65 heavy (non-hydrogen) atoms. The SMILES string of the molecule is C[N+]1=C=[N+](c2[c-]c(Oc3[c-]c(-c4cc(-c5[c-]c(Oc6[c-]cccc6)ccc5)[c-]cn4)cc(-c4c(-c5ccccc5)cccc4-c4ccccc4)c3)ccc2)C=C1.[C-]#Cn1cccc1.[Pt+2].[Pt+4]. The van der Waals surface area contributed by atoms with E-state index >= 15 is 0 Å². The van der Waals surface area contributed by atoms with Gasteiger partial charge in [-0.15, -0.1) is 35.9 Å². The number of hydrogen-bond donors (Lipinski definition) is 0. The van der Waals surface area contributed by atoms with Crippen LogP contribution < -0.4 is 9.47 Å². The summed E-state index contributed by atoms with van der Waals surface area (Å²) in [5.41, 5.74) is 10.3. The van der Waals surface area contributed by atoms with Gasteiger partial charge in [-0.1, -0.05) is 130 Å². The molecule has 314 valence electrons. The van der Waals surface area contributed by atoms with Gasteiger partial charge in [0.15, 0.2) is 7.05 Å². The molecule has 0 fully saturated rings. The Balaban J connectivity index is 0.000000642. The fourth-order valence-corrected chi connectivity index (χ4v) is 7.07. The molecule has 0 aliphatic carbocycles. The molecule has 0 radical (unpaired) electrons. The molecule has 8 heteroatoms. The number of ether oxygens (including phenoxy) is 2. The molecule has 0 saturated heterocycles. The van der Waals surface area contributed by atoms with E-state index in [4.69, 9.17) is 20.9 Å². The molecule has 9 aromatic rings. The fourth-order valence-electron chi connectivity index (χ4n) is 7.07. The average molecular weight is 1200 g/mol. The van der Waals surface area contributed by atoms with E-state index in [2.05, 4.69) is 115 Å². The molecule has 1 aliphatic heterocycles. The molecule has 0 N–H and O–H groups in total. The third kappa shape index (κ3) is 11.2. The zero-order valence-electron chi connectivity index (χ0n) is 34.8. The maximum Gasteiger partial charge on any atom is 4.00 e. The molecule has 2 aromatic heterocycles. The Kier molecular flexibility index (Phi) is 15.3. The second kappa shape index (κ2) is 21.8. The van der Waals surface area contributed by atoms with Crippen LogP contribution in [0, 0.1) is 42.8 Å². The summed E-state index contributed by atoms with van der Waals surface area (Å²) in [7, 11) is 1.93. The smallest absolute Gasteiger partial charge is 0.669 e. The van der Waals surface area contributed by atoms with Crippen molar-refractivity contribution in [3.63, 3.8) is 0 Å². The van der Waals surface area contributed by atoms with Crippen molar-refractivity contribution >= 4 is 11.7 Å². The van der Waals surface area contributed by atoms with E-state index in [1.165, 1.54) is 0 Å². The zero-order valence-corrected chi connectivity index (χ0v) is 39.3. The van der Waals surface area contributed by atoms with Gasteiger partial charge in [0.1, 0.15) is 5.69 Å². The number of pyridine rings is 1. The van der Waals surface area contributed by atoms with Gasteiger partial charge in [-0.05, 0) is 39.9 Å². The van der Waals surface area contributed by atoms with E-state index in [9.17, 15) is 0 Å². The molecule has 3 heterocycles. The van der Waals surface area contributed by atoms with Gasteiger partial charge in [-0.2, -0.15) is 36.4 Å². The van der Waals surface area contributed by atoms with Crippen molar-refractivity contribution in [2.75, 3.05) is 7.05 Å². The van der Waals surface area contributed by atoms with Crippen LogP contribution in [0.25, 0.3) is 55.8 Å². The van der Waals surface area contributed by atoms with E-state index in [0.717, 1.165) is 55.8 Å². The molecule has 10 rings (SSSR count). The Hall–Kier alpha value is -7.37. The fraction of sp³-hybridized carbons (Fsp3) is 0.0175. The van der Waals surface area contributed by atoms with Gasteiger partial charge in [-0.3, -0.25) is 11.1 Å². The summed E-state index contributed by atoms with van der Waals surface area (Å²) in [6, 6.07) is 78.6. The quantitative estimate of drug-likeness (QED) is 0.0778. The molecule has 0 unspecified atom stereocenters. The third-order valence-electron chi connectivity index (χ3n) is 9.98. The molecule has 0 saturated carbocycles. The first-order valence-electron chi connectivity index (χ1n) is 20.2. The van der Waals surface area contributed by atoms with Gasteiger partial charge in [0.25, 0.3) is 6.20 Å². The van der Waals surface area contributed by atoms with Gasteiger partial charge < -0.3 is 25.4 Å². The van der Waals surface area contributed by atoms with E-state index in [-0.39, 0.29) is 42.1 Å². The number of aromatic nitrogens is 2. The largest absolute Gasteiger partial charge is 4.00 e. The summed E-state index contributed by atoms with van der Waals surface area (Å²) in [5.74, 6) is 2.26. The van der Waals surface area contributed by atoms with Crippen LogP contribution in [0.1, 0.15) is 0 Å². The van der Waals surface area contributed by atoms with Crippen LogP contribution in [-0.2, 0) is 42.1 Å². The van der Waals surface area contributed by atoms with Crippen molar-refractivity contribution < 1.29 is 60.8 Å². The van der Waals surface area contributed by atoms with Crippen LogP contribution >= 0.6 is 0 Å². The summed E-state index contributed by atoms with van der Waals surface area (Å²) in [6.45, 7) is 0. The number of hydrogen-bond acceptors (Lipinski definition) is 3. The Morgan fingerprint density at radius 2 is 1.22 bits per heavy atom. The van der Waals surface area contributed by atoms with Crippen molar-refractivity contribution in [3.05, 3.63) is 238 Å². The first kappa shape index (κ1) is 45.6. The molecule has 6 nitrogen and oxygen atoms in total. The third-order valence-corrected chi connectivity index (χ3v) is 9.98. The number of para-hydroxylation sites is 1. The van der Waals surface area contributed by atoms with Gasteiger partial charge in [-0.25, -0.2) is 24.2 Å². The Morgan fingerprint density at radius 3 is 1.86 bits per heavy atom. The number of rotatable bonds is 10. The van der Waals surface area contributed by atoms with E-state index in [0.29, 0.717) is 28.7 Å². The molecule has 7 aromatic carbocycles. The molecule has 0 amide bonds. The molecular formula is C57H36N4O2Pt2+2. The normalized spacial score (nSPS) is 11.1. The van der Waals surface area contributed by atoms with Crippen molar-refractivity contribution in [1.82, 2.24) is 9.55 Å². The zero-order chi connectivity index (χ0) is 42.8. The number of benzene rings is 7. The van der Waals surface area contributed by atoms with Crippen LogP contribution in [0.4, 0.5) is 5.69 Å². The molecular weight excluding hydrogens is 1160 g/mol. The van der Waals surface area contributed by atoms with E-state index < -0.39 is 0 Å². The summed E-state index contributed by atoms with van der Waals surface area (Å²) < 4.78 is 18.0. The van der Waals surface area contributed by atoms with Crippen LogP contribution in [-0.4, -0.2) is 31.8 Å². The van der Waals surface area contributed by atoms with Gasteiger partial charge in [0, 0.05) is 35.4 Å². The van der Waals surface area contributed by atoms with Crippen LogP contribution in [0.3, 0.4) is 0 Å². The maximum atomic E-state index is 6.64. The minimum atomic E-state index is 0. The van der Waals surface area contributed by atoms with Crippen molar-refractivity contribution in [3.8, 4) is 84.8 Å². The molecule has 0 spiro atoms. The summed E-state index contributed by atoms with van der Waals surface area (Å²) in [4.78, 5) is 4.82. The standard InChI is InChI=1S/C51H32N3O2.C6H4N.2Pt/c1-53-28-29-54(36-53)43-19-12-23-46(35-43)56-47-32-41(50-34-40(26-27-52-50)39-18-11-22-45(31-39)55-44-20-9-4-10-21-44)30-42(33-47)51-48(37-14-5-2-6-15-37)24-13-25-49(51)38-16-7-3-8-17-38;1-2-7-5-3-4-6-7;;/h2-20,22-25,27-30,33-34H,1H3;3-6H;;/q-3;-1;+2;+4. The summed E-state index contributed by atoms with van der Waals surface area (Å²) in [5, 5.41) is 0. The van der Waals surface area contributed by atoms with Gasteiger partial charge in [0.2, 0.25) is 6.20 Å². The van der Waals surface area contributed by atoms with Gasteiger partial charge in [0.05, 0.1) is 0 Å². The van der Waals surface area contributed by atoms with Crippen molar-refractivity contribution in [2.45, 2.75) is 0 Å². The monoisotopic (exact) mass is 1200 g/mol. The summed E-state index contributed by atoms with van der Waals surface area (Å²) >= 11 is 0. The summed E-state index contributed by atoms with van der Waals surface area (Å²) in [6.07, 6.45) is 15.6. The van der Waals surface area contributed by atoms with Crippen LogP contribution in [0.2, 0.25) is 0 Å². The van der Waals surface area contributed by atoms with E-state index in [1.807, 2.05) is 126 Å². The van der Waals surface area contributed by atoms with Gasteiger partial charge >= 0.3 is 48.1 Å². The second-order valence-electron chi connectivity index (χ2n) is 14.3. The Labute approximate surface area is 408 Å². The first-order chi connectivity index (χ1) is 31.1. The van der Waals surface area contributed by atoms with E-state index in [1.54, 1.807) is 23.2 Å². The Morgan fingerprint density at radius 1 is 0.585 bits per heavy atom. The first-order valence-corrected chi connectivity index (χ1v) is 20.2. The number of nitrogens with zero attached hydrogens (tertiary/aromatic N) is 4. The predicted octanol–water partition coefficient (Wildman–Crippen LogP) is 12.8. The molecule has 0 atom stereocenters. The molecule has 0 bridgehead atoms. The minimum Gasteiger partial charge on any atom is -0.669 e. The maximum absolute atomic E-state index is 6.64. The topological polar surface area (TPSA) is 42.3 Å². The minimum absolute atomic E-state index is 0. The second-order valence-corrected chi connectivity index (χ2v) is 14.3. The Bertz CT molecular complexity index is 3120. The van der Waals surface area contributed by atoms with Crippen LogP contribution in [0.5, 0.6) is 23.0 Å². The van der Waals surface area contributed by atoms with Crippen LogP contribution in [0.15, 0.2) is 201 Å². The van der Waals surface area contributed by atoms with Crippen molar-refractivity contribution in [2.24, 2.45) is 0 Å². The molecule has 1 aliphatic rings. The average Bonchev–Trinajstić information content (AvgIpc) is 4.05. The van der Waals surface area contributed by atoms with Crippen molar-refractivity contribution in [1.29, 1.82) is 0 Å².